The van der Waals surface area contributed by atoms with Crippen LogP contribution in [0.4, 0.5) is 0 Å². The third-order valence-corrected chi connectivity index (χ3v) is 4.87. The summed E-state index contributed by atoms with van der Waals surface area (Å²) < 4.78 is 10.7. The quantitative estimate of drug-likeness (QED) is 0.828. The first-order valence-corrected chi connectivity index (χ1v) is 9.26. The molecule has 0 bridgehead atoms. The van der Waals surface area contributed by atoms with Gasteiger partial charge in [-0.3, -0.25) is 19.6 Å². The van der Waals surface area contributed by atoms with Crippen LogP contribution in [-0.2, 0) is 17.9 Å². The van der Waals surface area contributed by atoms with E-state index in [4.69, 9.17) is 9.47 Å². The van der Waals surface area contributed by atoms with Crippen LogP contribution in [0.3, 0.4) is 0 Å². The van der Waals surface area contributed by atoms with Gasteiger partial charge in [-0.1, -0.05) is 12.1 Å². The standard InChI is InChI=1S/C20H24N4O3/c25-20(22-12-16-4-5-18-19(11-16)27-15-26-18)14-24-9-7-23(8-10-24)13-17-3-1-2-6-21-17/h1-6,11H,7-10,12-15H2,(H,22,25). The fourth-order valence-electron chi connectivity index (χ4n) is 3.34. The molecule has 3 heterocycles. The van der Waals surface area contributed by atoms with Gasteiger partial charge in [-0.05, 0) is 29.8 Å². The Labute approximate surface area is 158 Å². The molecule has 0 aliphatic carbocycles. The highest BCUT2D eigenvalue weighted by Gasteiger charge is 2.19. The molecule has 2 aliphatic heterocycles. The van der Waals surface area contributed by atoms with E-state index >= 15 is 0 Å². The molecule has 0 atom stereocenters. The predicted octanol–water partition coefficient (Wildman–Crippen LogP) is 1.24. The van der Waals surface area contributed by atoms with Crippen LogP contribution in [0.15, 0.2) is 42.6 Å². The van der Waals surface area contributed by atoms with Crippen LogP contribution in [0.2, 0.25) is 0 Å². The summed E-state index contributed by atoms with van der Waals surface area (Å²) in [6.45, 7) is 5.74. The van der Waals surface area contributed by atoms with E-state index in [1.165, 1.54) is 0 Å². The van der Waals surface area contributed by atoms with Crippen molar-refractivity contribution in [3.8, 4) is 11.5 Å². The lowest BCUT2D eigenvalue weighted by atomic mass is 10.2. The minimum atomic E-state index is 0.0471. The van der Waals surface area contributed by atoms with Crippen molar-refractivity contribution in [3.63, 3.8) is 0 Å². The molecule has 142 valence electrons. The molecule has 1 N–H and O–H groups in total. The fourth-order valence-corrected chi connectivity index (χ4v) is 3.34. The number of nitrogens with zero attached hydrogens (tertiary/aromatic N) is 3. The van der Waals surface area contributed by atoms with Gasteiger partial charge in [0.1, 0.15) is 0 Å². The minimum absolute atomic E-state index is 0.0471. The lowest BCUT2D eigenvalue weighted by Gasteiger charge is -2.34. The van der Waals surface area contributed by atoms with E-state index in [-0.39, 0.29) is 12.7 Å². The van der Waals surface area contributed by atoms with E-state index in [1.807, 2.05) is 36.5 Å². The van der Waals surface area contributed by atoms with E-state index in [9.17, 15) is 4.79 Å². The highest BCUT2D eigenvalue weighted by atomic mass is 16.7. The van der Waals surface area contributed by atoms with Crippen LogP contribution in [0, 0.1) is 0 Å². The Balaban J connectivity index is 1.18. The number of benzene rings is 1. The molecular formula is C20H24N4O3. The zero-order valence-corrected chi connectivity index (χ0v) is 15.3. The monoisotopic (exact) mass is 368 g/mol. The normalized spacial score (nSPS) is 17.0. The number of ether oxygens (including phenoxy) is 2. The second kappa shape index (κ2) is 8.37. The molecule has 1 fully saturated rings. The van der Waals surface area contributed by atoms with E-state index < -0.39 is 0 Å². The fraction of sp³-hybridized carbons (Fsp3) is 0.400. The zero-order chi connectivity index (χ0) is 18.5. The predicted molar refractivity (Wildman–Crippen MR) is 100 cm³/mol. The topological polar surface area (TPSA) is 66.9 Å². The van der Waals surface area contributed by atoms with Gasteiger partial charge >= 0.3 is 0 Å². The number of carbonyl (C=O) groups excluding carboxylic acids is 1. The second-order valence-corrected chi connectivity index (χ2v) is 6.84. The van der Waals surface area contributed by atoms with Crippen molar-refractivity contribution in [2.75, 3.05) is 39.5 Å². The Morgan fingerprint density at radius 2 is 1.85 bits per heavy atom. The molecule has 0 radical (unpaired) electrons. The molecular weight excluding hydrogens is 344 g/mol. The molecule has 7 nitrogen and oxygen atoms in total. The van der Waals surface area contributed by atoms with Crippen LogP contribution in [0.5, 0.6) is 11.5 Å². The zero-order valence-electron chi connectivity index (χ0n) is 15.3. The van der Waals surface area contributed by atoms with Gasteiger partial charge in [-0.25, -0.2) is 0 Å². The van der Waals surface area contributed by atoms with E-state index in [2.05, 4.69) is 26.2 Å². The highest BCUT2D eigenvalue weighted by Crippen LogP contribution is 2.32. The number of rotatable bonds is 6. The molecule has 0 saturated carbocycles. The Morgan fingerprint density at radius 1 is 1.04 bits per heavy atom. The summed E-state index contributed by atoms with van der Waals surface area (Å²) in [7, 11) is 0. The maximum atomic E-state index is 12.3. The molecule has 1 amide bonds. The van der Waals surface area contributed by atoms with E-state index in [1.54, 1.807) is 0 Å². The molecule has 2 aromatic rings. The summed E-state index contributed by atoms with van der Waals surface area (Å²) >= 11 is 0. The molecule has 27 heavy (non-hydrogen) atoms. The third-order valence-electron chi connectivity index (χ3n) is 4.87. The van der Waals surface area contributed by atoms with Crippen molar-refractivity contribution in [1.29, 1.82) is 0 Å². The largest absolute Gasteiger partial charge is 0.454 e. The van der Waals surface area contributed by atoms with Gasteiger partial charge in [0.25, 0.3) is 0 Å². The van der Waals surface area contributed by atoms with Gasteiger partial charge in [-0.15, -0.1) is 0 Å². The third kappa shape index (κ3) is 4.75. The average molecular weight is 368 g/mol. The Kier molecular flexibility index (Phi) is 5.50. The summed E-state index contributed by atoms with van der Waals surface area (Å²) in [5, 5.41) is 2.99. The maximum absolute atomic E-state index is 12.3. The number of pyridine rings is 1. The minimum Gasteiger partial charge on any atom is -0.454 e. The van der Waals surface area contributed by atoms with Crippen molar-refractivity contribution in [2.45, 2.75) is 13.1 Å². The lowest BCUT2D eigenvalue weighted by Crippen LogP contribution is -2.49. The molecule has 2 aliphatic rings. The number of hydrogen-bond donors (Lipinski definition) is 1. The summed E-state index contributed by atoms with van der Waals surface area (Å²) in [6, 6.07) is 11.7. The molecule has 1 aromatic carbocycles. The van der Waals surface area contributed by atoms with Crippen LogP contribution in [0.25, 0.3) is 0 Å². The first-order chi connectivity index (χ1) is 13.3. The highest BCUT2D eigenvalue weighted by molar-refractivity contribution is 5.78. The second-order valence-electron chi connectivity index (χ2n) is 6.84. The molecule has 0 spiro atoms. The van der Waals surface area contributed by atoms with Crippen LogP contribution < -0.4 is 14.8 Å². The molecule has 1 saturated heterocycles. The Bertz CT molecular complexity index is 776. The number of hydrogen-bond acceptors (Lipinski definition) is 6. The molecule has 1 aromatic heterocycles. The SMILES string of the molecule is O=C(CN1CCN(Cc2ccccn2)CC1)NCc1ccc2c(c1)OCO2. The van der Waals surface area contributed by atoms with Crippen LogP contribution >= 0.6 is 0 Å². The van der Waals surface area contributed by atoms with Crippen molar-refractivity contribution < 1.29 is 14.3 Å². The van der Waals surface area contributed by atoms with E-state index in [0.29, 0.717) is 13.1 Å². The number of nitrogens with one attached hydrogen (secondary N) is 1. The van der Waals surface area contributed by atoms with Gasteiger partial charge in [0.05, 0.1) is 12.2 Å². The first-order valence-electron chi connectivity index (χ1n) is 9.26. The van der Waals surface area contributed by atoms with Crippen LogP contribution in [0.1, 0.15) is 11.3 Å². The molecule has 7 heteroatoms. The van der Waals surface area contributed by atoms with Gasteiger partial charge in [0.15, 0.2) is 11.5 Å². The van der Waals surface area contributed by atoms with Crippen molar-refractivity contribution in [1.82, 2.24) is 20.1 Å². The van der Waals surface area contributed by atoms with Crippen LogP contribution in [-0.4, -0.2) is 60.2 Å². The lowest BCUT2D eigenvalue weighted by molar-refractivity contribution is -0.122. The summed E-state index contributed by atoms with van der Waals surface area (Å²) in [5.74, 6) is 1.55. The van der Waals surface area contributed by atoms with Crippen molar-refractivity contribution >= 4 is 5.91 Å². The molecule has 0 unspecified atom stereocenters. The number of carbonyl (C=O) groups is 1. The first kappa shape index (κ1) is 17.8. The number of amides is 1. The number of fused-ring (bicyclic) bond motifs is 1. The van der Waals surface area contributed by atoms with Gasteiger partial charge < -0.3 is 14.8 Å². The van der Waals surface area contributed by atoms with Gasteiger partial charge in [-0.2, -0.15) is 0 Å². The Morgan fingerprint density at radius 3 is 2.67 bits per heavy atom. The van der Waals surface area contributed by atoms with Gasteiger partial charge in [0, 0.05) is 45.5 Å². The number of aromatic nitrogens is 1. The van der Waals surface area contributed by atoms with Crippen molar-refractivity contribution in [2.24, 2.45) is 0 Å². The summed E-state index contributed by atoms with van der Waals surface area (Å²) in [6.07, 6.45) is 1.83. The smallest absolute Gasteiger partial charge is 0.234 e. The number of piperazine rings is 1. The van der Waals surface area contributed by atoms with E-state index in [0.717, 1.165) is 55.5 Å². The molecule has 4 rings (SSSR count). The van der Waals surface area contributed by atoms with Gasteiger partial charge in [0.2, 0.25) is 12.7 Å². The maximum Gasteiger partial charge on any atom is 0.234 e. The summed E-state index contributed by atoms with van der Waals surface area (Å²) in [5.41, 5.74) is 2.10. The summed E-state index contributed by atoms with van der Waals surface area (Å²) in [4.78, 5) is 21.2. The Hall–Kier alpha value is -2.64. The average Bonchev–Trinajstić information content (AvgIpc) is 3.17. The van der Waals surface area contributed by atoms with Crippen molar-refractivity contribution in [3.05, 3.63) is 53.9 Å².